The van der Waals surface area contributed by atoms with Crippen molar-refractivity contribution in [2.75, 3.05) is 25.0 Å². The number of likely N-dealkylation sites (N-methyl/N-ethyl adjacent to an activating group) is 1. The van der Waals surface area contributed by atoms with Crippen LogP contribution in [0.25, 0.3) is 0 Å². The Kier molecular flexibility index (Phi) is 4.44. The zero-order valence-electron chi connectivity index (χ0n) is 12.1. The number of aryl methyl sites for hydroxylation is 1. The molecule has 0 bridgehead atoms. The summed E-state index contributed by atoms with van der Waals surface area (Å²) in [6, 6.07) is 11.9. The maximum absolute atomic E-state index is 9.04. The van der Waals surface area contributed by atoms with Gasteiger partial charge in [0.25, 0.3) is 0 Å². The molecule has 1 aliphatic heterocycles. The molecule has 0 amide bonds. The van der Waals surface area contributed by atoms with E-state index in [0.29, 0.717) is 18.5 Å². The van der Waals surface area contributed by atoms with Crippen LogP contribution >= 0.6 is 0 Å². The predicted octanol–water partition coefficient (Wildman–Crippen LogP) is 2.67. The van der Waals surface area contributed by atoms with Gasteiger partial charge in [0.1, 0.15) is 0 Å². The summed E-state index contributed by atoms with van der Waals surface area (Å²) < 4.78 is 0. The van der Waals surface area contributed by atoms with Gasteiger partial charge < -0.3 is 9.80 Å². The smallest absolute Gasteiger partial charge is 0.0643 e. The minimum atomic E-state index is 0.297. The average molecular weight is 257 g/mol. The largest absolute Gasteiger partial charge is 0.362 e. The second-order valence-corrected chi connectivity index (χ2v) is 5.51. The van der Waals surface area contributed by atoms with Crippen molar-refractivity contribution in [1.29, 1.82) is 5.26 Å². The van der Waals surface area contributed by atoms with Crippen LogP contribution in [-0.4, -0.2) is 37.1 Å². The molecule has 2 unspecified atom stereocenters. The number of benzene rings is 1. The summed E-state index contributed by atoms with van der Waals surface area (Å²) in [7, 11) is 2.14. The molecule has 1 aliphatic rings. The van der Waals surface area contributed by atoms with Crippen LogP contribution in [-0.2, 0) is 6.42 Å². The maximum Gasteiger partial charge on any atom is 0.0643 e. The molecular formula is C16H23N3. The minimum Gasteiger partial charge on any atom is -0.362 e. The van der Waals surface area contributed by atoms with Crippen molar-refractivity contribution in [2.45, 2.75) is 38.8 Å². The van der Waals surface area contributed by atoms with E-state index in [0.717, 1.165) is 19.5 Å². The van der Waals surface area contributed by atoms with Crippen LogP contribution in [0.4, 0.5) is 5.69 Å². The Labute approximate surface area is 116 Å². The van der Waals surface area contributed by atoms with E-state index in [4.69, 9.17) is 5.26 Å². The van der Waals surface area contributed by atoms with Gasteiger partial charge in [-0.25, -0.2) is 0 Å². The topological polar surface area (TPSA) is 30.3 Å². The van der Waals surface area contributed by atoms with Gasteiger partial charge in [0.05, 0.1) is 18.5 Å². The monoisotopic (exact) mass is 257 g/mol. The number of nitriles is 1. The third kappa shape index (κ3) is 3.08. The number of rotatable bonds is 3. The molecule has 3 heteroatoms. The van der Waals surface area contributed by atoms with Gasteiger partial charge in [-0.05, 0) is 38.1 Å². The first-order chi connectivity index (χ1) is 9.15. The summed E-state index contributed by atoms with van der Waals surface area (Å²) in [6.07, 6.45) is 1.66. The molecule has 0 saturated carbocycles. The van der Waals surface area contributed by atoms with E-state index in [1.165, 1.54) is 11.3 Å². The zero-order valence-corrected chi connectivity index (χ0v) is 12.1. The molecule has 1 fully saturated rings. The molecule has 0 spiro atoms. The Morgan fingerprint density at radius 1 is 1.26 bits per heavy atom. The van der Waals surface area contributed by atoms with Gasteiger partial charge >= 0.3 is 0 Å². The van der Waals surface area contributed by atoms with E-state index >= 15 is 0 Å². The molecule has 2 atom stereocenters. The van der Waals surface area contributed by atoms with E-state index in [1.807, 2.05) is 0 Å². The van der Waals surface area contributed by atoms with Crippen LogP contribution in [0.5, 0.6) is 0 Å². The fourth-order valence-corrected chi connectivity index (χ4v) is 3.06. The number of anilines is 1. The molecule has 0 radical (unpaired) electrons. The highest BCUT2D eigenvalue weighted by Crippen LogP contribution is 2.26. The zero-order chi connectivity index (χ0) is 13.8. The molecule has 3 nitrogen and oxygen atoms in total. The molecule has 19 heavy (non-hydrogen) atoms. The quantitative estimate of drug-likeness (QED) is 0.834. The van der Waals surface area contributed by atoms with Gasteiger partial charge in [0, 0.05) is 24.8 Å². The van der Waals surface area contributed by atoms with Crippen LogP contribution in [0.3, 0.4) is 0 Å². The lowest BCUT2D eigenvalue weighted by atomic mass is 10.0. The summed E-state index contributed by atoms with van der Waals surface area (Å²) >= 11 is 0. The fourth-order valence-electron chi connectivity index (χ4n) is 3.06. The molecule has 1 heterocycles. The first kappa shape index (κ1) is 13.9. The van der Waals surface area contributed by atoms with Crippen LogP contribution in [0.1, 0.15) is 25.8 Å². The fraction of sp³-hybridized carbons (Fsp3) is 0.562. The van der Waals surface area contributed by atoms with Gasteiger partial charge in [-0.15, -0.1) is 0 Å². The van der Waals surface area contributed by atoms with Crippen LogP contribution in [0.2, 0.25) is 0 Å². The molecular weight excluding hydrogens is 234 g/mol. The Hall–Kier alpha value is -1.53. The molecule has 1 saturated heterocycles. The maximum atomic E-state index is 9.04. The van der Waals surface area contributed by atoms with E-state index in [2.05, 4.69) is 61.0 Å². The Morgan fingerprint density at radius 2 is 1.95 bits per heavy atom. The van der Waals surface area contributed by atoms with Crippen molar-refractivity contribution in [3.05, 3.63) is 29.8 Å². The van der Waals surface area contributed by atoms with Crippen molar-refractivity contribution < 1.29 is 0 Å². The molecule has 0 aromatic heterocycles. The normalized spacial score (nSPS) is 24.2. The van der Waals surface area contributed by atoms with Crippen LogP contribution < -0.4 is 4.90 Å². The molecule has 2 rings (SSSR count). The highest BCUT2D eigenvalue weighted by molar-refractivity contribution is 5.50. The number of hydrogen-bond acceptors (Lipinski definition) is 3. The first-order valence-electron chi connectivity index (χ1n) is 7.08. The SMILES string of the molecule is CCc1ccc(N2C(C)CN(C)CC2CC#N)cc1. The Bertz CT molecular complexity index is 446. The van der Waals surface area contributed by atoms with Crippen molar-refractivity contribution in [1.82, 2.24) is 4.90 Å². The second kappa shape index (κ2) is 6.08. The molecule has 1 aromatic carbocycles. The molecule has 1 aromatic rings. The van der Waals surface area contributed by atoms with Gasteiger partial charge in [-0.3, -0.25) is 0 Å². The van der Waals surface area contributed by atoms with Gasteiger partial charge in [0.15, 0.2) is 0 Å². The van der Waals surface area contributed by atoms with E-state index in [1.54, 1.807) is 0 Å². The van der Waals surface area contributed by atoms with Crippen molar-refractivity contribution >= 4 is 5.69 Å². The van der Waals surface area contributed by atoms with Crippen LogP contribution in [0.15, 0.2) is 24.3 Å². The van der Waals surface area contributed by atoms with E-state index in [9.17, 15) is 0 Å². The number of nitrogens with zero attached hydrogens (tertiary/aromatic N) is 3. The van der Waals surface area contributed by atoms with Gasteiger partial charge in [-0.1, -0.05) is 19.1 Å². The minimum absolute atomic E-state index is 0.297. The van der Waals surface area contributed by atoms with Crippen molar-refractivity contribution in [2.24, 2.45) is 0 Å². The van der Waals surface area contributed by atoms with Crippen molar-refractivity contribution in [3.8, 4) is 6.07 Å². The van der Waals surface area contributed by atoms with Gasteiger partial charge in [-0.2, -0.15) is 5.26 Å². The lowest BCUT2D eigenvalue weighted by molar-refractivity contribution is 0.233. The number of piperazine rings is 1. The third-order valence-corrected chi connectivity index (χ3v) is 3.94. The summed E-state index contributed by atoms with van der Waals surface area (Å²) in [5.41, 5.74) is 2.61. The Morgan fingerprint density at radius 3 is 2.53 bits per heavy atom. The summed E-state index contributed by atoms with van der Waals surface area (Å²) in [4.78, 5) is 4.74. The Balaban J connectivity index is 2.24. The predicted molar refractivity (Wildman–Crippen MR) is 79.3 cm³/mol. The highest BCUT2D eigenvalue weighted by Gasteiger charge is 2.30. The highest BCUT2D eigenvalue weighted by atomic mass is 15.3. The molecule has 102 valence electrons. The van der Waals surface area contributed by atoms with E-state index < -0.39 is 0 Å². The van der Waals surface area contributed by atoms with Crippen molar-refractivity contribution in [3.63, 3.8) is 0 Å². The average Bonchev–Trinajstić information content (AvgIpc) is 2.39. The third-order valence-electron chi connectivity index (χ3n) is 3.94. The van der Waals surface area contributed by atoms with Crippen LogP contribution in [0, 0.1) is 11.3 Å². The summed E-state index contributed by atoms with van der Waals surface area (Å²) in [5.74, 6) is 0. The first-order valence-corrected chi connectivity index (χ1v) is 7.08. The number of hydrogen-bond donors (Lipinski definition) is 0. The lowest BCUT2D eigenvalue weighted by Gasteiger charge is -2.45. The summed E-state index contributed by atoms with van der Waals surface area (Å²) in [6.45, 7) is 6.44. The molecule has 0 N–H and O–H groups in total. The van der Waals surface area contributed by atoms with E-state index in [-0.39, 0.29) is 0 Å². The second-order valence-electron chi connectivity index (χ2n) is 5.51. The summed E-state index contributed by atoms with van der Waals surface area (Å²) in [5, 5.41) is 9.04. The molecule has 0 aliphatic carbocycles. The standard InChI is InChI=1S/C16H23N3/c1-4-14-5-7-15(8-6-14)19-13(2)11-18(3)12-16(19)9-10-17/h5-8,13,16H,4,9,11-12H2,1-3H3. The van der Waals surface area contributed by atoms with Gasteiger partial charge in [0.2, 0.25) is 0 Å². The lowest BCUT2D eigenvalue weighted by Crippen LogP contribution is -2.56.